The number of non-ortho nitro benzene ring substituents is 1. The topological polar surface area (TPSA) is 102 Å². The summed E-state index contributed by atoms with van der Waals surface area (Å²) in [6, 6.07) is 4.89. The third kappa shape index (κ3) is 2.44. The Kier molecular flexibility index (Phi) is 3.28. The zero-order valence-corrected chi connectivity index (χ0v) is 10.0. The Morgan fingerprint density at radius 2 is 2.16 bits per heavy atom. The summed E-state index contributed by atoms with van der Waals surface area (Å²) in [5.74, 6) is -0.639. The summed E-state index contributed by atoms with van der Waals surface area (Å²) in [5.41, 5.74) is -0.281. The zero-order chi connectivity index (χ0) is 14.0. The van der Waals surface area contributed by atoms with E-state index in [0.717, 1.165) is 6.07 Å². The van der Waals surface area contributed by atoms with Crippen molar-refractivity contribution in [2.24, 2.45) is 0 Å². The van der Waals surface area contributed by atoms with Crippen LogP contribution in [-0.4, -0.2) is 22.5 Å². The molecule has 0 aliphatic heterocycles. The number of aromatic nitrogens is 1. The van der Waals surface area contributed by atoms with Crippen molar-refractivity contribution in [3.8, 4) is 0 Å². The Balaban J connectivity index is 2.59. The molecule has 2 rings (SSSR count). The number of nitrogens with zero attached hydrogens (tertiary/aromatic N) is 1. The second-order valence-electron chi connectivity index (χ2n) is 3.75. The molecule has 0 spiro atoms. The van der Waals surface area contributed by atoms with Gasteiger partial charge in [0.15, 0.2) is 5.43 Å². The first-order valence-electron chi connectivity index (χ1n) is 5.51. The number of esters is 1. The molecule has 7 heteroatoms. The number of hydrogen-bond acceptors (Lipinski definition) is 5. The van der Waals surface area contributed by atoms with Gasteiger partial charge in [-0.25, -0.2) is 4.79 Å². The molecule has 1 N–H and O–H groups in total. The molecular formula is C12H10N2O5. The summed E-state index contributed by atoms with van der Waals surface area (Å²) < 4.78 is 4.78. The van der Waals surface area contributed by atoms with Crippen molar-refractivity contribution in [2.75, 3.05) is 6.61 Å². The average Bonchev–Trinajstić information content (AvgIpc) is 2.38. The van der Waals surface area contributed by atoms with Crippen molar-refractivity contribution in [3.63, 3.8) is 0 Å². The van der Waals surface area contributed by atoms with Crippen LogP contribution >= 0.6 is 0 Å². The lowest BCUT2D eigenvalue weighted by molar-refractivity contribution is -0.384. The first kappa shape index (κ1) is 12.7. The van der Waals surface area contributed by atoms with Gasteiger partial charge in [-0.3, -0.25) is 14.9 Å². The molecule has 0 fully saturated rings. The second-order valence-corrected chi connectivity index (χ2v) is 3.75. The van der Waals surface area contributed by atoms with Crippen LogP contribution in [0.1, 0.15) is 17.4 Å². The van der Waals surface area contributed by atoms with Gasteiger partial charge in [-0.2, -0.15) is 0 Å². The predicted molar refractivity (Wildman–Crippen MR) is 67.2 cm³/mol. The third-order valence-corrected chi connectivity index (χ3v) is 2.52. The lowest BCUT2D eigenvalue weighted by Gasteiger charge is -2.03. The predicted octanol–water partition coefficient (Wildman–Crippen LogP) is 1.61. The molecule has 0 radical (unpaired) electrons. The molecule has 1 aromatic carbocycles. The minimum Gasteiger partial charge on any atom is -0.461 e. The summed E-state index contributed by atoms with van der Waals surface area (Å²) >= 11 is 0. The van der Waals surface area contributed by atoms with Gasteiger partial charge in [0.25, 0.3) is 5.69 Å². The van der Waals surface area contributed by atoms with Crippen molar-refractivity contribution in [3.05, 3.63) is 50.3 Å². The Bertz CT molecular complexity index is 720. The number of nitrogens with one attached hydrogen (secondary N) is 1. The Morgan fingerprint density at radius 1 is 1.42 bits per heavy atom. The van der Waals surface area contributed by atoms with Crippen LogP contribution in [0.25, 0.3) is 10.9 Å². The molecule has 0 saturated carbocycles. The van der Waals surface area contributed by atoms with E-state index in [1.165, 1.54) is 18.2 Å². The van der Waals surface area contributed by atoms with E-state index in [-0.39, 0.29) is 23.4 Å². The molecule has 0 atom stereocenters. The molecule has 0 saturated heterocycles. The maximum absolute atomic E-state index is 11.8. The minimum atomic E-state index is -0.639. The Hall–Kier alpha value is -2.70. The molecule has 0 amide bonds. The van der Waals surface area contributed by atoms with E-state index in [1.54, 1.807) is 6.92 Å². The van der Waals surface area contributed by atoms with Gasteiger partial charge in [0.2, 0.25) is 0 Å². The highest BCUT2D eigenvalue weighted by molar-refractivity contribution is 5.91. The molecule has 1 aromatic heterocycles. The van der Waals surface area contributed by atoms with Gasteiger partial charge in [-0.1, -0.05) is 0 Å². The Labute approximate surface area is 107 Å². The lowest BCUT2D eigenvalue weighted by atomic mass is 10.1. The van der Waals surface area contributed by atoms with E-state index >= 15 is 0 Å². The number of hydrogen-bond donors (Lipinski definition) is 1. The normalized spacial score (nSPS) is 10.4. The van der Waals surface area contributed by atoms with Gasteiger partial charge >= 0.3 is 5.97 Å². The zero-order valence-electron chi connectivity index (χ0n) is 10.0. The van der Waals surface area contributed by atoms with Crippen molar-refractivity contribution in [1.29, 1.82) is 0 Å². The smallest absolute Gasteiger partial charge is 0.354 e. The molecule has 0 aliphatic carbocycles. The molecule has 0 unspecified atom stereocenters. The van der Waals surface area contributed by atoms with E-state index in [9.17, 15) is 19.7 Å². The molecular weight excluding hydrogens is 252 g/mol. The minimum absolute atomic E-state index is 0.0215. The number of carbonyl (C=O) groups excluding carboxylic acids is 1. The fraction of sp³-hybridized carbons (Fsp3) is 0.167. The second kappa shape index (κ2) is 4.89. The SMILES string of the molecule is CCOC(=O)c1cc(=O)c2cc([N+](=O)[O-])ccc2[nH]1. The summed E-state index contributed by atoms with van der Waals surface area (Å²) in [6.45, 7) is 1.85. The molecule has 0 bridgehead atoms. The molecule has 98 valence electrons. The maximum atomic E-state index is 11.8. The van der Waals surface area contributed by atoms with Crippen LogP contribution in [0.4, 0.5) is 5.69 Å². The molecule has 2 aromatic rings. The third-order valence-electron chi connectivity index (χ3n) is 2.52. The van der Waals surface area contributed by atoms with Crippen LogP contribution in [-0.2, 0) is 4.74 Å². The van der Waals surface area contributed by atoms with Crippen molar-refractivity contribution in [1.82, 2.24) is 4.98 Å². The van der Waals surface area contributed by atoms with Gasteiger partial charge < -0.3 is 9.72 Å². The van der Waals surface area contributed by atoms with E-state index in [1.807, 2.05) is 0 Å². The number of aromatic amines is 1. The first-order valence-corrected chi connectivity index (χ1v) is 5.51. The summed E-state index contributed by atoms with van der Waals surface area (Å²) in [6.07, 6.45) is 0. The fourth-order valence-corrected chi connectivity index (χ4v) is 1.67. The van der Waals surface area contributed by atoms with E-state index in [4.69, 9.17) is 4.74 Å². The van der Waals surface area contributed by atoms with Gasteiger partial charge in [0.05, 0.1) is 22.4 Å². The highest BCUT2D eigenvalue weighted by atomic mass is 16.6. The summed E-state index contributed by atoms with van der Waals surface area (Å²) in [7, 11) is 0. The number of nitro benzene ring substituents is 1. The fourth-order valence-electron chi connectivity index (χ4n) is 1.67. The van der Waals surface area contributed by atoms with E-state index in [2.05, 4.69) is 4.98 Å². The molecule has 0 aliphatic rings. The summed E-state index contributed by atoms with van der Waals surface area (Å²) in [5, 5.41) is 10.8. The van der Waals surface area contributed by atoms with Crippen LogP contribution in [0.2, 0.25) is 0 Å². The Morgan fingerprint density at radius 3 is 2.79 bits per heavy atom. The van der Waals surface area contributed by atoms with E-state index < -0.39 is 16.3 Å². The average molecular weight is 262 g/mol. The van der Waals surface area contributed by atoms with Crippen LogP contribution in [0.5, 0.6) is 0 Å². The van der Waals surface area contributed by atoms with E-state index in [0.29, 0.717) is 5.52 Å². The first-order chi connectivity index (χ1) is 9.02. The van der Waals surface area contributed by atoms with Gasteiger partial charge in [0, 0.05) is 18.2 Å². The van der Waals surface area contributed by atoms with Gasteiger partial charge in [0.1, 0.15) is 5.69 Å². The molecule has 19 heavy (non-hydrogen) atoms. The number of H-pyrrole nitrogens is 1. The number of ether oxygens (including phenoxy) is 1. The quantitative estimate of drug-likeness (QED) is 0.514. The number of nitro groups is 1. The lowest BCUT2D eigenvalue weighted by Crippen LogP contribution is -2.12. The van der Waals surface area contributed by atoms with Crippen molar-refractivity contribution in [2.45, 2.75) is 6.92 Å². The number of benzene rings is 1. The van der Waals surface area contributed by atoms with Gasteiger partial charge in [-0.05, 0) is 13.0 Å². The van der Waals surface area contributed by atoms with Gasteiger partial charge in [-0.15, -0.1) is 0 Å². The number of rotatable bonds is 3. The number of pyridine rings is 1. The van der Waals surface area contributed by atoms with Crippen LogP contribution in [0, 0.1) is 10.1 Å². The number of fused-ring (bicyclic) bond motifs is 1. The maximum Gasteiger partial charge on any atom is 0.354 e. The summed E-state index contributed by atoms with van der Waals surface area (Å²) in [4.78, 5) is 36.1. The number of carbonyl (C=O) groups is 1. The highest BCUT2D eigenvalue weighted by Gasteiger charge is 2.13. The van der Waals surface area contributed by atoms with Crippen LogP contribution < -0.4 is 5.43 Å². The molecule has 7 nitrogen and oxygen atoms in total. The van der Waals surface area contributed by atoms with Crippen LogP contribution in [0.15, 0.2) is 29.1 Å². The largest absolute Gasteiger partial charge is 0.461 e. The van der Waals surface area contributed by atoms with Crippen LogP contribution in [0.3, 0.4) is 0 Å². The van der Waals surface area contributed by atoms with Crippen molar-refractivity contribution >= 4 is 22.6 Å². The van der Waals surface area contributed by atoms with Crippen molar-refractivity contribution < 1.29 is 14.5 Å². The standard InChI is InChI=1S/C12H10N2O5/c1-2-19-12(16)10-6-11(15)8-5-7(14(17)18)3-4-9(8)13-10/h3-6H,2H2,1H3,(H,13,15). The monoisotopic (exact) mass is 262 g/mol. The molecule has 1 heterocycles. The highest BCUT2D eigenvalue weighted by Crippen LogP contribution is 2.17.